The number of fused-ring (bicyclic) bond motifs is 1. The van der Waals surface area contributed by atoms with Crippen LogP contribution in [-0.4, -0.2) is 58.6 Å². The van der Waals surface area contributed by atoms with Crippen molar-refractivity contribution >= 4 is 22.9 Å². The van der Waals surface area contributed by atoms with Gasteiger partial charge >= 0.3 is 12.0 Å². The number of piperidine rings is 1. The predicted octanol–water partition coefficient (Wildman–Crippen LogP) is 3.28. The van der Waals surface area contributed by atoms with Gasteiger partial charge in [0.1, 0.15) is 0 Å². The number of hydrogen-bond donors (Lipinski definition) is 2. The van der Waals surface area contributed by atoms with Gasteiger partial charge < -0.3 is 19.9 Å². The molecule has 0 unspecified atom stereocenters. The number of carboxylic acids is 1. The summed E-state index contributed by atoms with van der Waals surface area (Å²) in [4.78, 5) is 30.3. The maximum atomic E-state index is 12.3. The lowest BCUT2D eigenvalue weighted by atomic mass is 9.89. The number of urea groups is 1. The molecular weight excluding hydrogens is 318 g/mol. The fourth-order valence-electron chi connectivity index (χ4n) is 3.51. The van der Waals surface area contributed by atoms with Crippen LogP contribution in [0.2, 0.25) is 0 Å². The minimum absolute atomic E-state index is 0.0328. The van der Waals surface area contributed by atoms with Crippen LogP contribution in [0.15, 0.2) is 37.1 Å². The number of aromatic nitrogens is 1. The van der Waals surface area contributed by atoms with Crippen molar-refractivity contribution in [1.82, 2.24) is 14.8 Å². The Labute approximate surface area is 146 Å². The van der Waals surface area contributed by atoms with Crippen molar-refractivity contribution in [1.29, 1.82) is 0 Å². The number of carbonyl (C=O) groups is 2. The molecule has 0 bridgehead atoms. The van der Waals surface area contributed by atoms with E-state index in [4.69, 9.17) is 0 Å². The fourth-order valence-corrected chi connectivity index (χ4v) is 3.51. The van der Waals surface area contributed by atoms with Crippen LogP contribution in [0.1, 0.15) is 34.7 Å². The zero-order valence-corrected chi connectivity index (χ0v) is 14.4. The van der Waals surface area contributed by atoms with E-state index in [0.29, 0.717) is 31.1 Å². The number of H-pyrrole nitrogens is 1. The van der Waals surface area contributed by atoms with E-state index in [9.17, 15) is 14.7 Å². The summed E-state index contributed by atoms with van der Waals surface area (Å²) in [6.45, 7) is 5.61. The largest absolute Gasteiger partial charge is 0.478 e. The molecule has 6 nitrogen and oxygen atoms in total. The van der Waals surface area contributed by atoms with Crippen molar-refractivity contribution in [2.24, 2.45) is 0 Å². The van der Waals surface area contributed by atoms with Crippen molar-refractivity contribution in [2.75, 3.05) is 26.7 Å². The minimum atomic E-state index is -0.917. The van der Waals surface area contributed by atoms with Crippen LogP contribution in [0, 0.1) is 0 Å². The van der Waals surface area contributed by atoms with Crippen molar-refractivity contribution in [3.8, 4) is 0 Å². The van der Waals surface area contributed by atoms with Crippen LogP contribution in [0.25, 0.3) is 10.9 Å². The van der Waals surface area contributed by atoms with E-state index in [0.717, 1.165) is 29.3 Å². The van der Waals surface area contributed by atoms with Gasteiger partial charge in [-0.25, -0.2) is 9.59 Å². The van der Waals surface area contributed by atoms with Crippen molar-refractivity contribution in [2.45, 2.75) is 18.8 Å². The number of amides is 2. The SMILES string of the molecule is C=CCN(C)C(=O)N1CCC(c2c[nH]c3ccc(C(=O)O)cc23)CC1. The van der Waals surface area contributed by atoms with Gasteiger partial charge in [-0.05, 0) is 42.5 Å². The molecule has 2 aromatic rings. The van der Waals surface area contributed by atoms with Crippen LogP contribution in [0.4, 0.5) is 4.79 Å². The highest BCUT2D eigenvalue weighted by Crippen LogP contribution is 2.33. The van der Waals surface area contributed by atoms with Crippen LogP contribution in [-0.2, 0) is 0 Å². The van der Waals surface area contributed by atoms with Crippen molar-refractivity contribution in [3.05, 3.63) is 48.2 Å². The Balaban J connectivity index is 1.74. The Hall–Kier alpha value is -2.76. The Bertz CT molecular complexity index is 803. The van der Waals surface area contributed by atoms with Crippen molar-refractivity contribution < 1.29 is 14.7 Å². The molecule has 0 saturated carbocycles. The molecule has 1 fully saturated rings. The molecular formula is C19H23N3O3. The van der Waals surface area contributed by atoms with Crippen LogP contribution in [0.5, 0.6) is 0 Å². The van der Waals surface area contributed by atoms with Gasteiger partial charge in [-0.2, -0.15) is 0 Å². The summed E-state index contributed by atoms with van der Waals surface area (Å²) in [5.41, 5.74) is 2.39. The monoisotopic (exact) mass is 341 g/mol. The molecule has 25 heavy (non-hydrogen) atoms. The van der Waals surface area contributed by atoms with E-state index in [1.54, 1.807) is 30.2 Å². The highest BCUT2D eigenvalue weighted by atomic mass is 16.4. The number of benzene rings is 1. The molecule has 1 aromatic heterocycles. The van der Waals surface area contributed by atoms with Crippen LogP contribution >= 0.6 is 0 Å². The van der Waals surface area contributed by atoms with E-state index in [1.807, 2.05) is 17.2 Å². The van der Waals surface area contributed by atoms with Crippen LogP contribution < -0.4 is 0 Å². The van der Waals surface area contributed by atoms with Gasteiger partial charge in [0.05, 0.1) is 5.56 Å². The molecule has 0 atom stereocenters. The number of aromatic amines is 1. The summed E-state index contributed by atoms with van der Waals surface area (Å²) in [6.07, 6.45) is 5.44. The number of hydrogen-bond acceptors (Lipinski definition) is 2. The summed E-state index contributed by atoms with van der Waals surface area (Å²) in [6, 6.07) is 5.19. The summed E-state index contributed by atoms with van der Waals surface area (Å²) < 4.78 is 0. The van der Waals surface area contributed by atoms with Gasteiger partial charge in [-0.3, -0.25) is 0 Å². The summed E-state index contributed by atoms with van der Waals surface area (Å²) >= 11 is 0. The zero-order valence-electron chi connectivity index (χ0n) is 14.4. The molecule has 6 heteroatoms. The maximum absolute atomic E-state index is 12.3. The minimum Gasteiger partial charge on any atom is -0.478 e. The molecule has 2 amide bonds. The van der Waals surface area contributed by atoms with Crippen LogP contribution in [0.3, 0.4) is 0 Å². The van der Waals surface area contributed by atoms with Gasteiger partial charge in [0.15, 0.2) is 0 Å². The Morgan fingerprint density at radius 3 is 2.76 bits per heavy atom. The van der Waals surface area contributed by atoms with Gasteiger partial charge in [0.2, 0.25) is 0 Å². The lowest BCUT2D eigenvalue weighted by Gasteiger charge is -2.34. The number of likely N-dealkylation sites (tertiary alicyclic amines) is 1. The molecule has 0 aliphatic carbocycles. The Morgan fingerprint density at radius 2 is 2.12 bits per heavy atom. The zero-order chi connectivity index (χ0) is 18.0. The smallest absolute Gasteiger partial charge is 0.335 e. The first-order valence-electron chi connectivity index (χ1n) is 8.46. The van der Waals surface area contributed by atoms with E-state index in [2.05, 4.69) is 11.6 Å². The normalized spacial score (nSPS) is 15.3. The maximum Gasteiger partial charge on any atom is 0.335 e. The Kier molecular flexibility index (Phi) is 4.79. The number of carbonyl (C=O) groups excluding carboxylic acids is 1. The number of aromatic carboxylic acids is 1. The first-order chi connectivity index (χ1) is 12.0. The molecule has 2 heterocycles. The first kappa shape index (κ1) is 17.1. The highest BCUT2D eigenvalue weighted by molar-refractivity contribution is 5.94. The number of likely N-dealkylation sites (N-methyl/N-ethyl adjacent to an activating group) is 1. The third-order valence-electron chi connectivity index (χ3n) is 4.90. The lowest BCUT2D eigenvalue weighted by molar-refractivity contribution is 0.0697. The second-order valence-electron chi connectivity index (χ2n) is 6.52. The number of nitrogens with one attached hydrogen (secondary N) is 1. The van der Waals surface area contributed by atoms with Gasteiger partial charge in [0, 0.05) is 43.8 Å². The molecule has 1 aliphatic heterocycles. The fraction of sp³-hybridized carbons (Fsp3) is 0.368. The molecule has 2 N–H and O–H groups in total. The summed E-state index contributed by atoms with van der Waals surface area (Å²) in [5, 5.41) is 10.2. The molecule has 132 valence electrons. The van der Waals surface area contributed by atoms with E-state index >= 15 is 0 Å². The molecule has 1 aliphatic rings. The molecule has 0 spiro atoms. The predicted molar refractivity (Wildman–Crippen MR) is 97.0 cm³/mol. The van der Waals surface area contributed by atoms with Gasteiger partial charge in [0.25, 0.3) is 0 Å². The molecule has 1 aromatic carbocycles. The van der Waals surface area contributed by atoms with E-state index in [-0.39, 0.29) is 6.03 Å². The van der Waals surface area contributed by atoms with Crippen molar-refractivity contribution in [3.63, 3.8) is 0 Å². The van der Waals surface area contributed by atoms with E-state index < -0.39 is 5.97 Å². The average Bonchev–Trinajstić information content (AvgIpc) is 3.04. The highest BCUT2D eigenvalue weighted by Gasteiger charge is 2.26. The van der Waals surface area contributed by atoms with Gasteiger partial charge in [-0.1, -0.05) is 6.08 Å². The van der Waals surface area contributed by atoms with Gasteiger partial charge in [-0.15, -0.1) is 6.58 Å². The summed E-state index contributed by atoms with van der Waals surface area (Å²) in [7, 11) is 1.78. The third-order valence-corrected chi connectivity index (χ3v) is 4.90. The molecule has 3 rings (SSSR count). The first-order valence-corrected chi connectivity index (χ1v) is 8.46. The lowest BCUT2D eigenvalue weighted by Crippen LogP contribution is -2.44. The summed E-state index contributed by atoms with van der Waals surface area (Å²) in [5.74, 6) is -0.591. The van der Waals surface area contributed by atoms with E-state index in [1.165, 1.54) is 0 Å². The number of nitrogens with zero attached hydrogens (tertiary/aromatic N) is 2. The second-order valence-corrected chi connectivity index (χ2v) is 6.52. The quantitative estimate of drug-likeness (QED) is 0.838. The standard InChI is InChI=1S/C19H23N3O3/c1-3-8-21(2)19(25)22-9-6-13(7-10-22)16-12-20-17-5-4-14(18(23)24)11-15(16)17/h3-5,11-13,20H,1,6-10H2,2H3,(H,23,24). The number of carboxylic acid groups (broad SMARTS) is 1. The topological polar surface area (TPSA) is 76.6 Å². The number of rotatable bonds is 4. The second kappa shape index (κ2) is 7.01. The molecule has 0 radical (unpaired) electrons. The molecule has 1 saturated heterocycles. The Morgan fingerprint density at radius 1 is 1.40 bits per heavy atom. The third kappa shape index (κ3) is 3.38. The average molecular weight is 341 g/mol.